The molecule has 132 valence electrons. The SMILES string of the molecule is CCNC(=NCC(C)Sc1ccccc1)NCCNC(=O)C1CC1. The fraction of sp³-hybridized carbons (Fsp3) is 0.556. The average molecular weight is 349 g/mol. The predicted molar refractivity (Wildman–Crippen MR) is 101 cm³/mol. The van der Waals surface area contributed by atoms with Crippen molar-refractivity contribution in [2.24, 2.45) is 10.9 Å². The van der Waals surface area contributed by atoms with Crippen LogP contribution < -0.4 is 16.0 Å². The van der Waals surface area contributed by atoms with Crippen molar-refractivity contribution in [3.63, 3.8) is 0 Å². The smallest absolute Gasteiger partial charge is 0.223 e. The van der Waals surface area contributed by atoms with Crippen molar-refractivity contribution in [3.05, 3.63) is 30.3 Å². The van der Waals surface area contributed by atoms with Crippen LogP contribution in [0.4, 0.5) is 0 Å². The summed E-state index contributed by atoms with van der Waals surface area (Å²) in [6, 6.07) is 10.4. The van der Waals surface area contributed by atoms with E-state index in [0.29, 0.717) is 18.3 Å². The first-order chi connectivity index (χ1) is 11.7. The number of guanidine groups is 1. The molecule has 0 spiro atoms. The minimum Gasteiger partial charge on any atom is -0.357 e. The number of hydrogen-bond donors (Lipinski definition) is 3. The largest absolute Gasteiger partial charge is 0.357 e. The van der Waals surface area contributed by atoms with Crippen LogP contribution in [0.3, 0.4) is 0 Å². The Morgan fingerprint density at radius 2 is 1.92 bits per heavy atom. The second-order valence-electron chi connectivity index (χ2n) is 5.95. The zero-order chi connectivity index (χ0) is 17.2. The first-order valence-corrected chi connectivity index (χ1v) is 9.58. The molecule has 1 aromatic carbocycles. The Morgan fingerprint density at radius 3 is 2.58 bits per heavy atom. The summed E-state index contributed by atoms with van der Waals surface area (Å²) < 4.78 is 0. The van der Waals surface area contributed by atoms with Crippen molar-refractivity contribution in [2.75, 3.05) is 26.2 Å². The maximum absolute atomic E-state index is 11.6. The Hall–Kier alpha value is -1.69. The molecule has 0 saturated heterocycles. The van der Waals surface area contributed by atoms with Crippen molar-refractivity contribution in [3.8, 4) is 0 Å². The summed E-state index contributed by atoms with van der Waals surface area (Å²) in [5.74, 6) is 1.26. The van der Waals surface area contributed by atoms with Gasteiger partial charge in [0.05, 0.1) is 6.54 Å². The number of carbonyl (C=O) groups is 1. The van der Waals surface area contributed by atoms with E-state index in [1.807, 2.05) is 24.8 Å². The normalized spacial score (nSPS) is 15.7. The maximum Gasteiger partial charge on any atom is 0.223 e. The molecule has 5 nitrogen and oxygen atoms in total. The van der Waals surface area contributed by atoms with E-state index in [9.17, 15) is 4.79 Å². The van der Waals surface area contributed by atoms with Crippen molar-refractivity contribution in [1.82, 2.24) is 16.0 Å². The van der Waals surface area contributed by atoms with Gasteiger partial charge in [-0.05, 0) is 31.9 Å². The summed E-state index contributed by atoms with van der Waals surface area (Å²) >= 11 is 1.83. The van der Waals surface area contributed by atoms with Gasteiger partial charge in [0.2, 0.25) is 5.91 Å². The van der Waals surface area contributed by atoms with Crippen molar-refractivity contribution >= 4 is 23.6 Å². The van der Waals surface area contributed by atoms with Crippen LogP contribution in [0, 0.1) is 5.92 Å². The van der Waals surface area contributed by atoms with Crippen LogP contribution in [0.15, 0.2) is 40.2 Å². The molecule has 2 rings (SSSR count). The molecule has 3 N–H and O–H groups in total. The Kier molecular flexibility index (Phi) is 7.95. The molecule has 0 aliphatic heterocycles. The van der Waals surface area contributed by atoms with Gasteiger partial charge in [-0.15, -0.1) is 11.8 Å². The number of rotatable bonds is 9. The highest BCUT2D eigenvalue weighted by molar-refractivity contribution is 8.00. The molecule has 24 heavy (non-hydrogen) atoms. The summed E-state index contributed by atoms with van der Waals surface area (Å²) in [4.78, 5) is 17.5. The van der Waals surface area contributed by atoms with Gasteiger partial charge >= 0.3 is 0 Å². The van der Waals surface area contributed by atoms with Gasteiger partial charge < -0.3 is 16.0 Å². The van der Waals surface area contributed by atoms with Crippen LogP contribution in [0.5, 0.6) is 0 Å². The van der Waals surface area contributed by atoms with Gasteiger partial charge in [0.25, 0.3) is 0 Å². The first kappa shape index (κ1) is 18.6. The fourth-order valence-corrected chi connectivity index (χ4v) is 3.11. The monoisotopic (exact) mass is 348 g/mol. The topological polar surface area (TPSA) is 65.5 Å². The van der Waals surface area contributed by atoms with Crippen molar-refractivity contribution < 1.29 is 4.79 Å². The summed E-state index contributed by atoms with van der Waals surface area (Å²) in [6.07, 6.45) is 2.08. The third-order valence-corrected chi connectivity index (χ3v) is 4.69. The van der Waals surface area contributed by atoms with E-state index in [1.54, 1.807) is 0 Å². The van der Waals surface area contributed by atoms with Gasteiger partial charge in [-0.1, -0.05) is 25.1 Å². The molecular weight excluding hydrogens is 320 g/mol. The van der Waals surface area contributed by atoms with Crippen LogP contribution in [0.25, 0.3) is 0 Å². The lowest BCUT2D eigenvalue weighted by Gasteiger charge is -2.13. The quantitative estimate of drug-likeness (QED) is 0.277. The number of carbonyl (C=O) groups excluding carboxylic acids is 1. The summed E-state index contributed by atoms with van der Waals surface area (Å²) in [5, 5.41) is 9.86. The Bertz CT molecular complexity index is 531. The lowest BCUT2D eigenvalue weighted by Crippen LogP contribution is -2.42. The van der Waals surface area contributed by atoms with E-state index < -0.39 is 0 Å². The second kappa shape index (κ2) is 10.2. The molecule has 1 atom stereocenters. The number of amides is 1. The maximum atomic E-state index is 11.6. The van der Waals surface area contributed by atoms with E-state index >= 15 is 0 Å². The van der Waals surface area contributed by atoms with E-state index in [2.05, 4.69) is 52.1 Å². The van der Waals surface area contributed by atoms with E-state index in [-0.39, 0.29) is 11.8 Å². The number of nitrogens with zero attached hydrogens (tertiary/aromatic N) is 1. The van der Waals surface area contributed by atoms with Crippen LogP contribution in [-0.4, -0.2) is 43.3 Å². The van der Waals surface area contributed by atoms with E-state index in [0.717, 1.165) is 31.9 Å². The zero-order valence-electron chi connectivity index (χ0n) is 14.5. The Labute approximate surface area is 149 Å². The van der Waals surface area contributed by atoms with Crippen molar-refractivity contribution in [1.29, 1.82) is 0 Å². The van der Waals surface area contributed by atoms with Gasteiger partial charge in [0, 0.05) is 35.7 Å². The molecule has 1 aliphatic carbocycles. The summed E-state index contributed by atoms with van der Waals surface area (Å²) in [7, 11) is 0. The highest BCUT2D eigenvalue weighted by atomic mass is 32.2. The molecule has 0 bridgehead atoms. The molecular formula is C18H28N4OS. The minimum absolute atomic E-state index is 0.187. The first-order valence-electron chi connectivity index (χ1n) is 8.70. The Morgan fingerprint density at radius 1 is 1.21 bits per heavy atom. The van der Waals surface area contributed by atoms with Gasteiger partial charge in [-0.25, -0.2) is 0 Å². The minimum atomic E-state index is 0.187. The number of thioether (sulfide) groups is 1. The Balaban J connectivity index is 1.69. The van der Waals surface area contributed by atoms with Gasteiger partial charge in [0.15, 0.2) is 5.96 Å². The fourth-order valence-electron chi connectivity index (χ4n) is 2.19. The predicted octanol–water partition coefficient (Wildman–Crippen LogP) is 2.25. The highest BCUT2D eigenvalue weighted by Gasteiger charge is 2.28. The zero-order valence-corrected chi connectivity index (χ0v) is 15.4. The third kappa shape index (κ3) is 7.25. The van der Waals surface area contributed by atoms with Crippen LogP contribution in [-0.2, 0) is 4.79 Å². The molecule has 1 aromatic rings. The number of hydrogen-bond acceptors (Lipinski definition) is 3. The second-order valence-corrected chi connectivity index (χ2v) is 7.47. The van der Waals surface area contributed by atoms with Gasteiger partial charge in [-0.3, -0.25) is 9.79 Å². The molecule has 1 unspecified atom stereocenters. The molecule has 6 heteroatoms. The molecule has 0 heterocycles. The van der Waals surface area contributed by atoms with Crippen molar-refractivity contribution in [2.45, 2.75) is 36.8 Å². The van der Waals surface area contributed by atoms with E-state index in [1.165, 1.54) is 4.90 Å². The standard InChI is InChI=1S/C18H28N4OS/c1-3-19-18(21-12-11-20-17(23)15-9-10-15)22-13-14(2)24-16-7-5-4-6-8-16/h4-8,14-15H,3,9-13H2,1-2H3,(H,20,23)(H2,19,21,22). The molecule has 0 radical (unpaired) electrons. The van der Waals surface area contributed by atoms with Gasteiger partial charge in [-0.2, -0.15) is 0 Å². The van der Waals surface area contributed by atoms with Crippen LogP contribution in [0.2, 0.25) is 0 Å². The number of nitrogens with one attached hydrogen (secondary N) is 3. The highest BCUT2D eigenvalue weighted by Crippen LogP contribution is 2.28. The van der Waals surface area contributed by atoms with Crippen LogP contribution >= 0.6 is 11.8 Å². The molecule has 1 amide bonds. The van der Waals surface area contributed by atoms with Gasteiger partial charge in [0.1, 0.15) is 0 Å². The van der Waals surface area contributed by atoms with E-state index in [4.69, 9.17) is 0 Å². The number of benzene rings is 1. The molecule has 1 saturated carbocycles. The number of aliphatic imine (C=N–C) groups is 1. The summed E-state index contributed by atoms with van der Waals surface area (Å²) in [5.41, 5.74) is 0. The summed E-state index contributed by atoms with van der Waals surface area (Å²) in [6.45, 7) is 7.11. The lowest BCUT2D eigenvalue weighted by atomic mass is 10.4. The molecule has 1 fully saturated rings. The third-order valence-electron chi connectivity index (χ3n) is 3.60. The van der Waals surface area contributed by atoms with Crippen LogP contribution in [0.1, 0.15) is 26.7 Å². The average Bonchev–Trinajstić information content (AvgIpc) is 3.42. The lowest BCUT2D eigenvalue weighted by molar-refractivity contribution is -0.122. The molecule has 0 aromatic heterocycles. The molecule has 1 aliphatic rings.